The number of rotatable bonds is 4. The standard InChI is InChI=1S/C15H19N5O/c1-19(2)10-11-7-12(14(21)18-15(16)17)9-13(8-11)20-5-3-4-6-20/h3-9H,10H2,1-2H3,(H4,16,17,18,21). The third-order valence-corrected chi connectivity index (χ3v) is 2.86. The highest BCUT2D eigenvalue weighted by Crippen LogP contribution is 2.17. The van der Waals surface area contributed by atoms with Crippen LogP contribution in [-0.4, -0.2) is 35.4 Å². The number of nitrogens with zero attached hydrogens (tertiary/aromatic N) is 3. The maximum atomic E-state index is 12.0. The van der Waals surface area contributed by atoms with Crippen molar-refractivity contribution in [3.8, 4) is 5.69 Å². The lowest BCUT2D eigenvalue weighted by molar-refractivity contribution is 0.100. The monoisotopic (exact) mass is 285 g/mol. The van der Waals surface area contributed by atoms with E-state index < -0.39 is 5.91 Å². The van der Waals surface area contributed by atoms with Gasteiger partial charge in [0, 0.05) is 30.2 Å². The zero-order valence-corrected chi connectivity index (χ0v) is 12.2. The Hall–Kier alpha value is -2.60. The first-order chi connectivity index (χ1) is 9.95. The number of guanidine groups is 1. The van der Waals surface area contributed by atoms with Crippen LogP contribution in [0, 0.1) is 0 Å². The van der Waals surface area contributed by atoms with E-state index in [4.69, 9.17) is 11.5 Å². The van der Waals surface area contributed by atoms with Crippen molar-refractivity contribution in [2.75, 3.05) is 14.1 Å². The highest BCUT2D eigenvalue weighted by molar-refractivity contribution is 6.02. The molecule has 1 aromatic heterocycles. The lowest BCUT2D eigenvalue weighted by atomic mass is 10.1. The number of hydrogen-bond donors (Lipinski definition) is 2. The summed E-state index contributed by atoms with van der Waals surface area (Å²) in [6.07, 6.45) is 3.84. The summed E-state index contributed by atoms with van der Waals surface area (Å²) in [5.41, 5.74) is 12.9. The summed E-state index contributed by atoms with van der Waals surface area (Å²) in [5, 5.41) is 0. The van der Waals surface area contributed by atoms with Crippen LogP contribution in [0.5, 0.6) is 0 Å². The highest BCUT2D eigenvalue weighted by Gasteiger charge is 2.10. The van der Waals surface area contributed by atoms with Crippen molar-refractivity contribution in [2.45, 2.75) is 6.54 Å². The Kier molecular flexibility index (Phi) is 4.39. The first kappa shape index (κ1) is 14.8. The van der Waals surface area contributed by atoms with Crippen LogP contribution in [0.4, 0.5) is 0 Å². The van der Waals surface area contributed by atoms with Crippen LogP contribution in [0.3, 0.4) is 0 Å². The molecule has 4 N–H and O–H groups in total. The van der Waals surface area contributed by atoms with Crippen LogP contribution >= 0.6 is 0 Å². The van der Waals surface area contributed by atoms with Gasteiger partial charge in [0.1, 0.15) is 0 Å². The molecule has 1 heterocycles. The van der Waals surface area contributed by atoms with Crippen molar-refractivity contribution >= 4 is 11.9 Å². The zero-order valence-electron chi connectivity index (χ0n) is 12.2. The lowest BCUT2D eigenvalue weighted by Crippen LogP contribution is -2.24. The molecule has 0 aliphatic rings. The molecule has 6 heteroatoms. The molecular weight excluding hydrogens is 266 g/mol. The molecule has 0 spiro atoms. The Morgan fingerprint density at radius 3 is 2.43 bits per heavy atom. The summed E-state index contributed by atoms with van der Waals surface area (Å²) < 4.78 is 1.94. The molecule has 0 bridgehead atoms. The molecular formula is C15H19N5O. The van der Waals surface area contributed by atoms with Gasteiger partial charge in [-0.1, -0.05) is 0 Å². The Labute approximate surface area is 123 Å². The van der Waals surface area contributed by atoms with Gasteiger partial charge in [-0.3, -0.25) is 4.79 Å². The fourth-order valence-electron chi connectivity index (χ4n) is 2.09. The molecule has 0 atom stereocenters. The first-order valence-corrected chi connectivity index (χ1v) is 6.51. The largest absolute Gasteiger partial charge is 0.370 e. The molecule has 1 aromatic carbocycles. The summed E-state index contributed by atoms with van der Waals surface area (Å²) in [7, 11) is 3.94. The SMILES string of the molecule is CN(C)Cc1cc(C(=O)N=C(N)N)cc(-n2cccc2)c1. The second-order valence-corrected chi connectivity index (χ2v) is 5.06. The van der Waals surface area contributed by atoms with Crippen LogP contribution < -0.4 is 11.5 Å². The molecule has 6 nitrogen and oxygen atoms in total. The Morgan fingerprint density at radius 2 is 1.86 bits per heavy atom. The van der Waals surface area contributed by atoms with E-state index in [1.165, 1.54) is 0 Å². The summed E-state index contributed by atoms with van der Waals surface area (Å²) in [6, 6.07) is 9.47. The van der Waals surface area contributed by atoms with Gasteiger partial charge in [0.05, 0.1) is 0 Å². The van der Waals surface area contributed by atoms with Crippen molar-refractivity contribution in [1.82, 2.24) is 9.47 Å². The number of carbonyl (C=O) groups is 1. The van der Waals surface area contributed by atoms with Gasteiger partial charge in [0.15, 0.2) is 5.96 Å². The molecule has 0 unspecified atom stereocenters. The molecule has 21 heavy (non-hydrogen) atoms. The minimum atomic E-state index is -0.441. The summed E-state index contributed by atoms with van der Waals surface area (Å²) in [4.78, 5) is 17.7. The average Bonchev–Trinajstić information content (AvgIpc) is 2.90. The van der Waals surface area contributed by atoms with Gasteiger partial charge < -0.3 is 20.9 Å². The minimum absolute atomic E-state index is 0.236. The first-order valence-electron chi connectivity index (χ1n) is 6.51. The number of amides is 1. The molecule has 110 valence electrons. The molecule has 2 rings (SSSR count). The predicted octanol–water partition coefficient (Wildman–Crippen LogP) is 0.953. The van der Waals surface area contributed by atoms with E-state index in [1.54, 1.807) is 6.07 Å². The minimum Gasteiger partial charge on any atom is -0.370 e. The van der Waals surface area contributed by atoms with Crippen LogP contribution in [0.2, 0.25) is 0 Å². The van der Waals surface area contributed by atoms with E-state index in [1.807, 2.05) is 60.2 Å². The van der Waals surface area contributed by atoms with Crippen molar-refractivity contribution in [1.29, 1.82) is 0 Å². The number of carbonyl (C=O) groups excluding carboxylic acids is 1. The second-order valence-electron chi connectivity index (χ2n) is 5.06. The molecule has 0 aliphatic heterocycles. The lowest BCUT2D eigenvalue weighted by Gasteiger charge is -2.13. The second kappa shape index (κ2) is 6.23. The maximum Gasteiger partial charge on any atom is 0.280 e. The van der Waals surface area contributed by atoms with E-state index in [9.17, 15) is 4.79 Å². The molecule has 0 saturated heterocycles. The average molecular weight is 285 g/mol. The topological polar surface area (TPSA) is 89.6 Å². The molecule has 0 fully saturated rings. The zero-order chi connectivity index (χ0) is 15.4. The van der Waals surface area contributed by atoms with Crippen LogP contribution in [0.15, 0.2) is 47.7 Å². The van der Waals surface area contributed by atoms with E-state index in [0.717, 1.165) is 17.8 Å². The maximum absolute atomic E-state index is 12.0. The highest BCUT2D eigenvalue weighted by atomic mass is 16.1. The Balaban J connectivity index is 2.47. The van der Waals surface area contributed by atoms with Crippen molar-refractivity contribution in [3.05, 3.63) is 53.9 Å². The normalized spacial score (nSPS) is 10.6. The van der Waals surface area contributed by atoms with E-state index in [-0.39, 0.29) is 5.96 Å². The van der Waals surface area contributed by atoms with Gasteiger partial charge in [0.2, 0.25) is 0 Å². The van der Waals surface area contributed by atoms with E-state index in [0.29, 0.717) is 5.56 Å². The van der Waals surface area contributed by atoms with Gasteiger partial charge in [-0.25, -0.2) is 0 Å². The summed E-state index contributed by atoms with van der Waals surface area (Å²) in [6.45, 7) is 0.719. The molecule has 0 aliphatic carbocycles. The van der Waals surface area contributed by atoms with Crippen molar-refractivity contribution < 1.29 is 4.79 Å². The third kappa shape index (κ3) is 3.93. The number of benzene rings is 1. The van der Waals surface area contributed by atoms with E-state index >= 15 is 0 Å². The molecule has 0 saturated carbocycles. The Morgan fingerprint density at radius 1 is 1.19 bits per heavy atom. The van der Waals surface area contributed by atoms with Crippen LogP contribution in [0.1, 0.15) is 15.9 Å². The van der Waals surface area contributed by atoms with Gasteiger partial charge in [0.25, 0.3) is 5.91 Å². The van der Waals surface area contributed by atoms with Crippen LogP contribution in [-0.2, 0) is 6.54 Å². The summed E-state index contributed by atoms with van der Waals surface area (Å²) in [5.74, 6) is -0.676. The van der Waals surface area contributed by atoms with Crippen LogP contribution in [0.25, 0.3) is 5.69 Å². The number of aromatic nitrogens is 1. The number of aliphatic imine (C=N–C) groups is 1. The summed E-state index contributed by atoms with van der Waals surface area (Å²) >= 11 is 0. The number of hydrogen-bond acceptors (Lipinski definition) is 2. The quantitative estimate of drug-likeness (QED) is 0.646. The fourth-order valence-corrected chi connectivity index (χ4v) is 2.09. The van der Waals surface area contributed by atoms with Gasteiger partial charge in [-0.15, -0.1) is 0 Å². The predicted molar refractivity (Wildman–Crippen MR) is 83.3 cm³/mol. The number of nitrogens with two attached hydrogens (primary N) is 2. The van der Waals surface area contributed by atoms with Crippen molar-refractivity contribution in [3.63, 3.8) is 0 Å². The van der Waals surface area contributed by atoms with E-state index in [2.05, 4.69) is 4.99 Å². The fraction of sp³-hybridized carbons (Fsp3) is 0.200. The molecule has 0 radical (unpaired) electrons. The smallest absolute Gasteiger partial charge is 0.280 e. The van der Waals surface area contributed by atoms with Gasteiger partial charge in [-0.2, -0.15) is 4.99 Å². The van der Waals surface area contributed by atoms with Crippen molar-refractivity contribution in [2.24, 2.45) is 16.5 Å². The Bertz CT molecular complexity index is 655. The van der Waals surface area contributed by atoms with Gasteiger partial charge in [-0.05, 0) is 50.0 Å². The molecule has 2 aromatic rings. The third-order valence-electron chi connectivity index (χ3n) is 2.86. The molecule has 1 amide bonds. The van der Waals surface area contributed by atoms with Gasteiger partial charge >= 0.3 is 0 Å².